The molecular weight excluding hydrogens is 268 g/mol. The number of anilines is 1. The van der Waals surface area contributed by atoms with Crippen LogP contribution >= 0.6 is 0 Å². The van der Waals surface area contributed by atoms with Gasteiger partial charge in [-0.1, -0.05) is 6.92 Å². The van der Waals surface area contributed by atoms with Gasteiger partial charge in [0.25, 0.3) is 5.56 Å². The van der Waals surface area contributed by atoms with E-state index in [-0.39, 0.29) is 11.7 Å². The standard InChI is InChI=1S/C15H26N4O2/c1-3-6-16-7-4-8-19-15(20)10-13(11-17-19)18-9-5-14(12-18)21-2/h10-11,14,16H,3-9,12H2,1-2H3. The van der Waals surface area contributed by atoms with E-state index in [1.807, 2.05) is 0 Å². The van der Waals surface area contributed by atoms with E-state index in [2.05, 4.69) is 22.2 Å². The van der Waals surface area contributed by atoms with Gasteiger partial charge in [0.2, 0.25) is 0 Å². The predicted molar refractivity (Wildman–Crippen MR) is 83.9 cm³/mol. The summed E-state index contributed by atoms with van der Waals surface area (Å²) in [6.07, 6.45) is 5.10. The average Bonchev–Trinajstić information content (AvgIpc) is 2.97. The highest BCUT2D eigenvalue weighted by Crippen LogP contribution is 2.19. The highest BCUT2D eigenvalue weighted by atomic mass is 16.5. The Kier molecular flexibility index (Phi) is 6.20. The normalized spacial score (nSPS) is 18.4. The molecule has 1 saturated heterocycles. The zero-order chi connectivity index (χ0) is 15.1. The first-order valence-electron chi connectivity index (χ1n) is 7.80. The molecule has 1 unspecified atom stereocenters. The van der Waals surface area contributed by atoms with Crippen LogP contribution in [0.15, 0.2) is 17.1 Å². The molecule has 1 fully saturated rings. The maximum atomic E-state index is 12.1. The Hall–Kier alpha value is -1.40. The summed E-state index contributed by atoms with van der Waals surface area (Å²) >= 11 is 0. The van der Waals surface area contributed by atoms with E-state index in [4.69, 9.17) is 4.74 Å². The molecular formula is C15H26N4O2. The van der Waals surface area contributed by atoms with Crippen molar-refractivity contribution in [2.75, 3.05) is 38.2 Å². The number of rotatable bonds is 8. The Morgan fingerprint density at radius 2 is 2.33 bits per heavy atom. The molecule has 2 rings (SSSR count). The molecule has 6 nitrogen and oxygen atoms in total. The fraction of sp³-hybridized carbons (Fsp3) is 0.733. The van der Waals surface area contributed by atoms with Crippen LogP contribution in [0.1, 0.15) is 26.2 Å². The summed E-state index contributed by atoms with van der Waals surface area (Å²) in [6.45, 7) is 6.51. The number of aryl methyl sites for hydroxylation is 1. The molecule has 118 valence electrons. The Bertz CT molecular complexity index is 489. The second-order valence-corrected chi connectivity index (χ2v) is 5.47. The summed E-state index contributed by atoms with van der Waals surface area (Å²) in [7, 11) is 1.73. The SMILES string of the molecule is CCCNCCCn1ncc(N2CCC(OC)C2)cc1=O. The molecule has 2 heterocycles. The number of nitrogens with zero attached hydrogens (tertiary/aromatic N) is 3. The molecule has 0 aromatic carbocycles. The lowest BCUT2D eigenvalue weighted by molar-refractivity contribution is 0.121. The van der Waals surface area contributed by atoms with Gasteiger partial charge in [0, 0.05) is 32.8 Å². The van der Waals surface area contributed by atoms with Crippen molar-refractivity contribution in [2.45, 2.75) is 38.8 Å². The molecule has 1 aliphatic rings. The lowest BCUT2D eigenvalue weighted by atomic mass is 10.3. The second kappa shape index (κ2) is 8.14. The number of hydrogen-bond donors (Lipinski definition) is 1. The first-order chi connectivity index (χ1) is 10.2. The molecule has 1 aliphatic heterocycles. The second-order valence-electron chi connectivity index (χ2n) is 5.47. The summed E-state index contributed by atoms with van der Waals surface area (Å²) in [5.74, 6) is 0. The zero-order valence-electron chi connectivity index (χ0n) is 13.0. The average molecular weight is 294 g/mol. The lowest BCUT2D eigenvalue weighted by Gasteiger charge is -2.18. The van der Waals surface area contributed by atoms with Gasteiger partial charge in [0.15, 0.2) is 0 Å². The molecule has 1 N–H and O–H groups in total. The van der Waals surface area contributed by atoms with Gasteiger partial charge < -0.3 is 15.0 Å². The number of methoxy groups -OCH3 is 1. The maximum Gasteiger partial charge on any atom is 0.268 e. The van der Waals surface area contributed by atoms with Gasteiger partial charge >= 0.3 is 0 Å². The van der Waals surface area contributed by atoms with Crippen LogP contribution in [0.5, 0.6) is 0 Å². The zero-order valence-corrected chi connectivity index (χ0v) is 13.0. The van der Waals surface area contributed by atoms with Gasteiger partial charge in [-0.2, -0.15) is 5.10 Å². The van der Waals surface area contributed by atoms with Crippen molar-refractivity contribution in [1.82, 2.24) is 15.1 Å². The first-order valence-corrected chi connectivity index (χ1v) is 7.80. The third-order valence-electron chi connectivity index (χ3n) is 3.85. The predicted octanol–water partition coefficient (Wildman–Crippen LogP) is 0.858. The van der Waals surface area contributed by atoms with Gasteiger partial charge in [-0.25, -0.2) is 4.68 Å². The van der Waals surface area contributed by atoms with Gasteiger partial charge in [-0.3, -0.25) is 4.79 Å². The van der Waals surface area contributed by atoms with E-state index in [1.54, 1.807) is 24.1 Å². The van der Waals surface area contributed by atoms with Crippen LogP contribution in [0.3, 0.4) is 0 Å². The largest absolute Gasteiger partial charge is 0.380 e. The Morgan fingerprint density at radius 1 is 1.48 bits per heavy atom. The number of nitrogens with one attached hydrogen (secondary N) is 1. The van der Waals surface area contributed by atoms with E-state index < -0.39 is 0 Å². The highest BCUT2D eigenvalue weighted by molar-refractivity contribution is 5.44. The minimum atomic E-state index is -0.0242. The third kappa shape index (κ3) is 4.54. The molecule has 0 spiro atoms. The molecule has 0 bridgehead atoms. The summed E-state index contributed by atoms with van der Waals surface area (Å²) in [6, 6.07) is 1.69. The van der Waals surface area contributed by atoms with Gasteiger partial charge in [-0.05, 0) is 32.4 Å². The molecule has 1 atom stereocenters. The number of aromatic nitrogens is 2. The van der Waals surface area contributed by atoms with Crippen LogP contribution in [0.2, 0.25) is 0 Å². The number of hydrogen-bond acceptors (Lipinski definition) is 5. The first kappa shape index (κ1) is 16.0. The van der Waals surface area contributed by atoms with Crippen molar-refractivity contribution in [3.8, 4) is 0 Å². The summed E-state index contributed by atoms with van der Waals surface area (Å²) in [5, 5.41) is 7.61. The quantitative estimate of drug-likeness (QED) is 0.721. The summed E-state index contributed by atoms with van der Waals surface area (Å²) < 4.78 is 6.89. The van der Waals surface area contributed by atoms with Crippen molar-refractivity contribution in [1.29, 1.82) is 0 Å². The molecule has 0 saturated carbocycles. The van der Waals surface area contributed by atoms with Crippen LogP contribution in [0.25, 0.3) is 0 Å². The van der Waals surface area contributed by atoms with E-state index >= 15 is 0 Å². The fourth-order valence-electron chi connectivity index (χ4n) is 2.58. The number of ether oxygens (including phenoxy) is 1. The fourth-order valence-corrected chi connectivity index (χ4v) is 2.58. The summed E-state index contributed by atoms with van der Waals surface area (Å²) in [5.41, 5.74) is 0.878. The Labute approximate surface area is 126 Å². The maximum absolute atomic E-state index is 12.1. The van der Waals surface area contributed by atoms with Crippen molar-refractivity contribution >= 4 is 5.69 Å². The van der Waals surface area contributed by atoms with Crippen LogP contribution in [-0.4, -0.2) is 49.2 Å². The molecule has 6 heteroatoms. The van der Waals surface area contributed by atoms with Gasteiger partial charge in [-0.15, -0.1) is 0 Å². The van der Waals surface area contributed by atoms with E-state index in [1.165, 1.54) is 0 Å². The Morgan fingerprint density at radius 3 is 3.00 bits per heavy atom. The lowest BCUT2D eigenvalue weighted by Crippen LogP contribution is -2.28. The van der Waals surface area contributed by atoms with Crippen LogP contribution in [0.4, 0.5) is 5.69 Å². The monoisotopic (exact) mass is 294 g/mol. The topological polar surface area (TPSA) is 59.4 Å². The Balaban J connectivity index is 1.87. The van der Waals surface area contributed by atoms with Gasteiger partial charge in [0.05, 0.1) is 18.0 Å². The van der Waals surface area contributed by atoms with E-state index in [9.17, 15) is 4.79 Å². The van der Waals surface area contributed by atoms with Crippen molar-refractivity contribution in [3.63, 3.8) is 0 Å². The molecule has 1 aromatic heterocycles. The van der Waals surface area contributed by atoms with Crippen molar-refractivity contribution < 1.29 is 4.74 Å². The van der Waals surface area contributed by atoms with Crippen LogP contribution in [0, 0.1) is 0 Å². The third-order valence-corrected chi connectivity index (χ3v) is 3.85. The minimum Gasteiger partial charge on any atom is -0.380 e. The van der Waals surface area contributed by atoms with Crippen LogP contribution in [-0.2, 0) is 11.3 Å². The van der Waals surface area contributed by atoms with Crippen molar-refractivity contribution in [2.24, 2.45) is 0 Å². The molecule has 21 heavy (non-hydrogen) atoms. The van der Waals surface area contributed by atoms with Crippen molar-refractivity contribution in [3.05, 3.63) is 22.6 Å². The van der Waals surface area contributed by atoms with Crippen LogP contribution < -0.4 is 15.8 Å². The van der Waals surface area contributed by atoms with E-state index in [0.29, 0.717) is 6.54 Å². The summed E-state index contributed by atoms with van der Waals surface area (Å²) in [4.78, 5) is 14.3. The van der Waals surface area contributed by atoms with E-state index in [0.717, 1.165) is 51.1 Å². The minimum absolute atomic E-state index is 0.0242. The molecule has 0 amide bonds. The van der Waals surface area contributed by atoms with Gasteiger partial charge in [0.1, 0.15) is 0 Å². The molecule has 1 aromatic rings. The smallest absolute Gasteiger partial charge is 0.268 e. The molecule has 0 radical (unpaired) electrons. The molecule has 0 aliphatic carbocycles. The highest BCUT2D eigenvalue weighted by Gasteiger charge is 2.22.